The fourth-order valence-electron chi connectivity index (χ4n) is 4.97. The van der Waals surface area contributed by atoms with Gasteiger partial charge in [-0.05, 0) is 80.6 Å². The number of benzene rings is 6. The molecule has 0 atom stereocenters. The van der Waals surface area contributed by atoms with Crippen LogP contribution in [0.1, 0.15) is 11.1 Å². The molecule has 0 aromatic heterocycles. The van der Waals surface area contributed by atoms with Crippen molar-refractivity contribution in [3.63, 3.8) is 0 Å². The number of hydrogen-bond donors (Lipinski definition) is 0. The number of fused-ring (bicyclic) bond motifs is 6. The molecule has 0 nitrogen and oxygen atoms in total. The summed E-state index contributed by atoms with van der Waals surface area (Å²) in [6.07, 6.45) is 0. The Labute approximate surface area is 188 Å². The molecular weight excluding hydrogens is 384 g/mol. The van der Waals surface area contributed by atoms with E-state index >= 15 is 0 Å². The zero-order valence-corrected chi connectivity index (χ0v) is 18.4. The molecule has 32 heavy (non-hydrogen) atoms. The van der Waals surface area contributed by atoms with Gasteiger partial charge < -0.3 is 0 Å². The van der Waals surface area contributed by atoms with Crippen molar-refractivity contribution < 1.29 is 0 Å². The third-order valence-corrected chi connectivity index (χ3v) is 6.54. The lowest BCUT2D eigenvalue weighted by molar-refractivity contribution is 1.47. The summed E-state index contributed by atoms with van der Waals surface area (Å²) in [7, 11) is 0. The van der Waals surface area contributed by atoms with E-state index in [4.69, 9.17) is 0 Å². The highest BCUT2D eigenvalue weighted by Crippen LogP contribution is 2.38. The van der Waals surface area contributed by atoms with Gasteiger partial charge in [0.05, 0.1) is 0 Å². The Morgan fingerprint density at radius 2 is 0.719 bits per heavy atom. The quantitative estimate of drug-likeness (QED) is 0.251. The summed E-state index contributed by atoms with van der Waals surface area (Å²) in [4.78, 5) is 0. The Morgan fingerprint density at radius 1 is 0.312 bits per heavy atom. The van der Waals surface area contributed by atoms with Crippen molar-refractivity contribution in [2.45, 2.75) is 13.8 Å². The topological polar surface area (TPSA) is 0 Å². The zero-order valence-electron chi connectivity index (χ0n) is 18.4. The normalized spacial score (nSPS) is 11.4. The van der Waals surface area contributed by atoms with Crippen LogP contribution in [0, 0.1) is 13.8 Å². The average Bonchev–Trinajstić information content (AvgIpc) is 2.83. The molecule has 0 aliphatic carbocycles. The number of rotatable bonds is 2. The van der Waals surface area contributed by atoms with Crippen LogP contribution < -0.4 is 0 Å². The van der Waals surface area contributed by atoms with Crippen LogP contribution in [0.2, 0.25) is 0 Å². The molecule has 6 aromatic rings. The SMILES string of the molecule is Cc1cccc(-c2ccc3c4ccc(-c5cccc(C)c5)cc4c4ccccc4c3c2)c1. The molecule has 0 unspecified atom stereocenters. The molecule has 0 spiro atoms. The van der Waals surface area contributed by atoms with E-state index in [9.17, 15) is 0 Å². The van der Waals surface area contributed by atoms with Crippen molar-refractivity contribution in [3.05, 3.63) is 120 Å². The Bertz CT molecular complexity index is 1490. The minimum absolute atomic E-state index is 1.27. The van der Waals surface area contributed by atoms with Crippen molar-refractivity contribution in [1.29, 1.82) is 0 Å². The summed E-state index contributed by atoms with van der Waals surface area (Å²) in [5, 5.41) is 7.87. The van der Waals surface area contributed by atoms with E-state index in [0.29, 0.717) is 0 Å². The predicted octanol–water partition coefficient (Wildman–Crippen LogP) is 9.10. The number of aryl methyl sites for hydroxylation is 2. The maximum absolute atomic E-state index is 2.36. The maximum Gasteiger partial charge on any atom is -0.00928 e. The largest absolute Gasteiger partial charge is 0.0616 e. The van der Waals surface area contributed by atoms with Gasteiger partial charge in [0.1, 0.15) is 0 Å². The molecule has 0 aliphatic heterocycles. The fourth-order valence-corrected chi connectivity index (χ4v) is 4.97. The van der Waals surface area contributed by atoms with Gasteiger partial charge in [0.15, 0.2) is 0 Å². The first-order valence-electron chi connectivity index (χ1n) is 11.2. The molecular formula is C32H24. The van der Waals surface area contributed by atoms with Crippen LogP contribution in [0.3, 0.4) is 0 Å². The third kappa shape index (κ3) is 3.08. The van der Waals surface area contributed by atoms with Gasteiger partial charge in [-0.1, -0.05) is 108 Å². The lowest BCUT2D eigenvalue weighted by Crippen LogP contribution is -1.87. The van der Waals surface area contributed by atoms with Crippen LogP contribution in [0.25, 0.3) is 54.6 Å². The standard InChI is InChI=1S/C32H24/c1-21-7-5-9-23(17-21)25-13-15-29-30-16-14-26(24-10-6-8-22(2)18-24)20-32(30)28-12-4-3-11-27(28)31(29)19-25/h3-20H,1-2H3. The molecule has 0 heterocycles. The van der Waals surface area contributed by atoms with Gasteiger partial charge in [0.2, 0.25) is 0 Å². The summed E-state index contributed by atoms with van der Waals surface area (Å²) < 4.78 is 0. The molecule has 152 valence electrons. The molecule has 0 saturated carbocycles. The average molecular weight is 409 g/mol. The molecule has 6 aromatic carbocycles. The van der Waals surface area contributed by atoms with E-state index in [1.165, 1.54) is 65.7 Å². The van der Waals surface area contributed by atoms with Gasteiger partial charge in [0.25, 0.3) is 0 Å². The van der Waals surface area contributed by atoms with Gasteiger partial charge in [-0.25, -0.2) is 0 Å². The monoisotopic (exact) mass is 408 g/mol. The summed E-state index contributed by atoms with van der Waals surface area (Å²) in [5.74, 6) is 0. The summed E-state index contributed by atoms with van der Waals surface area (Å²) in [5.41, 5.74) is 7.64. The van der Waals surface area contributed by atoms with Crippen molar-refractivity contribution >= 4 is 32.3 Å². The van der Waals surface area contributed by atoms with E-state index < -0.39 is 0 Å². The Kier molecular flexibility index (Phi) is 4.33. The van der Waals surface area contributed by atoms with Crippen LogP contribution in [0.4, 0.5) is 0 Å². The zero-order chi connectivity index (χ0) is 21.7. The van der Waals surface area contributed by atoms with Crippen molar-refractivity contribution in [2.75, 3.05) is 0 Å². The van der Waals surface area contributed by atoms with Crippen LogP contribution >= 0.6 is 0 Å². The lowest BCUT2D eigenvalue weighted by atomic mass is 9.90. The van der Waals surface area contributed by atoms with Crippen LogP contribution in [0.5, 0.6) is 0 Å². The number of hydrogen-bond acceptors (Lipinski definition) is 0. The molecule has 0 saturated heterocycles. The minimum Gasteiger partial charge on any atom is -0.0616 e. The first-order valence-corrected chi connectivity index (χ1v) is 11.2. The van der Waals surface area contributed by atoms with Crippen molar-refractivity contribution in [2.24, 2.45) is 0 Å². The molecule has 0 bridgehead atoms. The molecule has 0 N–H and O–H groups in total. The van der Waals surface area contributed by atoms with E-state index in [1.54, 1.807) is 0 Å². The van der Waals surface area contributed by atoms with E-state index in [0.717, 1.165) is 0 Å². The van der Waals surface area contributed by atoms with Crippen LogP contribution in [-0.4, -0.2) is 0 Å². The third-order valence-electron chi connectivity index (χ3n) is 6.54. The highest BCUT2D eigenvalue weighted by molar-refractivity contribution is 6.26. The molecule has 0 aliphatic rings. The van der Waals surface area contributed by atoms with Gasteiger partial charge in [-0.3, -0.25) is 0 Å². The Morgan fingerprint density at radius 3 is 1.16 bits per heavy atom. The van der Waals surface area contributed by atoms with Crippen LogP contribution in [-0.2, 0) is 0 Å². The first-order chi connectivity index (χ1) is 15.7. The second kappa shape index (κ2) is 7.35. The van der Waals surface area contributed by atoms with Crippen LogP contribution in [0.15, 0.2) is 109 Å². The van der Waals surface area contributed by atoms with Crippen molar-refractivity contribution in [1.82, 2.24) is 0 Å². The summed E-state index contributed by atoms with van der Waals surface area (Å²) >= 11 is 0. The second-order valence-electron chi connectivity index (χ2n) is 8.81. The lowest BCUT2D eigenvalue weighted by Gasteiger charge is -2.14. The van der Waals surface area contributed by atoms with Crippen molar-refractivity contribution in [3.8, 4) is 22.3 Å². The van der Waals surface area contributed by atoms with E-state index in [1.807, 2.05) is 0 Å². The van der Waals surface area contributed by atoms with Gasteiger partial charge in [-0.2, -0.15) is 0 Å². The molecule has 0 amide bonds. The van der Waals surface area contributed by atoms with E-state index in [2.05, 4.69) is 123 Å². The maximum atomic E-state index is 2.36. The van der Waals surface area contributed by atoms with E-state index in [-0.39, 0.29) is 0 Å². The molecule has 0 heteroatoms. The van der Waals surface area contributed by atoms with Gasteiger partial charge in [0, 0.05) is 0 Å². The molecule has 0 fully saturated rings. The Hall–Kier alpha value is -3.90. The summed E-state index contributed by atoms with van der Waals surface area (Å²) in [6, 6.07) is 40.2. The highest BCUT2D eigenvalue weighted by Gasteiger charge is 2.11. The van der Waals surface area contributed by atoms with Gasteiger partial charge in [-0.15, -0.1) is 0 Å². The Balaban J connectivity index is 1.66. The smallest absolute Gasteiger partial charge is 0.00928 e. The first kappa shape index (κ1) is 18.8. The predicted molar refractivity (Wildman–Crippen MR) is 139 cm³/mol. The second-order valence-corrected chi connectivity index (χ2v) is 8.81. The highest BCUT2D eigenvalue weighted by atomic mass is 14.1. The molecule has 6 rings (SSSR count). The summed E-state index contributed by atoms with van der Waals surface area (Å²) in [6.45, 7) is 4.30. The van der Waals surface area contributed by atoms with Gasteiger partial charge >= 0.3 is 0 Å². The molecule has 0 radical (unpaired) electrons. The fraction of sp³-hybridized carbons (Fsp3) is 0.0625. The minimum atomic E-state index is 1.27.